The summed E-state index contributed by atoms with van der Waals surface area (Å²) in [4.78, 5) is 0. The molecule has 1 aromatic carbocycles. The maximum absolute atomic E-state index is 10.4. The van der Waals surface area contributed by atoms with Crippen molar-refractivity contribution >= 4 is 0 Å². The average Bonchev–Trinajstić information content (AvgIpc) is 2.78. The van der Waals surface area contributed by atoms with E-state index in [2.05, 4.69) is 0 Å². The van der Waals surface area contributed by atoms with Gasteiger partial charge < -0.3 is 43.4 Å². The molecule has 2 N–H and O–H groups in total. The second-order valence-corrected chi connectivity index (χ2v) is 7.68. The normalized spacial score (nSPS) is 40.0. The summed E-state index contributed by atoms with van der Waals surface area (Å²) in [5.74, 6) is -2.58. The van der Waals surface area contributed by atoms with E-state index < -0.39 is 55.0 Å². The van der Waals surface area contributed by atoms with Gasteiger partial charge in [0, 0.05) is 21.3 Å². The molecule has 0 saturated carbocycles. The summed E-state index contributed by atoms with van der Waals surface area (Å²) in [6.07, 6.45) is -5.26. The fourth-order valence-electron chi connectivity index (χ4n) is 3.85. The first-order chi connectivity index (χ1) is 14.3. The smallest absolute Gasteiger partial charge is 0.220 e. The molecule has 3 rings (SSSR count). The largest absolute Gasteiger partial charge is 0.394 e. The van der Waals surface area contributed by atoms with Crippen molar-refractivity contribution in [3.8, 4) is 0 Å². The number of aliphatic hydroxyl groups excluding tert-OH is 2. The highest BCUT2D eigenvalue weighted by Crippen LogP contribution is 2.44. The molecule has 0 radical (unpaired) electrons. The number of hydrogen-bond acceptors (Lipinski definition) is 9. The zero-order valence-corrected chi connectivity index (χ0v) is 18.0. The van der Waals surface area contributed by atoms with Crippen molar-refractivity contribution in [3.05, 3.63) is 35.9 Å². The standard InChI is InChI=1S/C21H32O9/c1-20(25-4)21(2,26-5)30-17-16(29-20)15(14(23)11-22)28-19(24-3)18(17)27-12-13-9-7-6-8-10-13/h6-10,14-19,22-23H,11-12H2,1-5H3/t14-,15+,16+,17-,18-,19-,20-,21-/m0/s1. The van der Waals surface area contributed by atoms with Crippen LogP contribution >= 0.6 is 0 Å². The lowest BCUT2D eigenvalue weighted by atomic mass is 9.91. The quantitative estimate of drug-likeness (QED) is 0.622. The van der Waals surface area contributed by atoms with Crippen LogP contribution in [0.4, 0.5) is 0 Å². The van der Waals surface area contributed by atoms with E-state index in [-0.39, 0.29) is 0 Å². The zero-order chi connectivity index (χ0) is 21.9. The van der Waals surface area contributed by atoms with Crippen LogP contribution in [0.15, 0.2) is 30.3 Å². The van der Waals surface area contributed by atoms with Gasteiger partial charge in [0.25, 0.3) is 0 Å². The molecule has 1 aromatic rings. The predicted octanol–water partition coefficient (Wildman–Crippen LogP) is 0.806. The van der Waals surface area contributed by atoms with E-state index in [1.165, 1.54) is 21.3 Å². The molecule has 0 amide bonds. The summed E-state index contributed by atoms with van der Waals surface area (Å²) in [5, 5.41) is 19.9. The Hall–Kier alpha value is -1.14. The van der Waals surface area contributed by atoms with Crippen LogP contribution in [0.3, 0.4) is 0 Å². The molecule has 2 heterocycles. The van der Waals surface area contributed by atoms with E-state index in [1.807, 2.05) is 30.3 Å². The van der Waals surface area contributed by atoms with E-state index in [4.69, 9.17) is 33.2 Å². The van der Waals surface area contributed by atoms with Crippen molar-refractivity contribution < 1.29 is 43.4 Å². The Morgan fingerprint density at radius 1 is 1.00 bits per heavy atom. The van der Waals surface area contributed by atoms with Crippen LogP contribution in [0.2, 0.25) is 0 Å². The van der Waals surface area contributed by atoms with Gasteiger partial charge in [-0.05, 0) is 19.4 Å². The number of fused-ring (bicyclic) bond motifs is 1. The van der Waals surface area contributed by atoms with Gasteiger partial charge >= 0.3 is 0 Å². The van der Waals surface area contributed by atoms with Crippen molar-refractivity contribution in [2.24, 2.45) is 0 Å². The summed E-state index contributed by atoms with van der Waals surface area (Å²) < 4.78 is 41.4. The van der Waals surface area contributed by atoms with Crippen molar-refractivity contribution in [2.45, 2.75) is 68.8 Å². The summed E-state index contributed by atoms with van der Waals surface area (Å²) in [6.45, 7) is 3.15. The number of rotatable bonds is 8. The minimum absolute atomic E-state index is 0.291. The minimum atomic E-state index is -1.30. The van der Waals surface area contributed by atoms with Crippen molar-refractivity contribution in [1.82, 2.24) is 0 Å². The van der Waals surface area contributed by atoms with Gasteiger partial charge in [-0.25, -0.2) is 0 Å². The van der Waals surface area contributed by atoms with Crippen LogP contribution in [-0.4, -0.2) is 86.5 Å². The number of benzene rings is 1. The van der Waals surface area contributed by atoms with E-state index in [0.717, 1.165) is 5.56 Å². The molecule has 30 heavy (non-hydrogen) atoms. The maximum atomic E-state index is 10.4. The van der Waals surface area contributed by atoms with Crippen LogP contribution in [-0.2, 0) is 39.8 Å². The molecule has 2 aliphatic heterocycles. The Morgan fingerprint density at radius 3 is 2.13 bits per heavy atom. The monoisotopic (exact) mass is 428 g/mol. The number of methoxy groups -OCH3 is 3. The van der Waals surface area contributed by atoms with Gasteiger partial charge in [-0.1, -0.05) is 30.3 Å². The Morgan fingerprint density at radius 2 is 1.60 bits per heavy atom. The number of aliphatic hydroxyl groups is 2. The highest BCUT2D eigenvalue weighted by molar-refractivity contribution is 5.13. The molecule has 2 aliphatic rings. The lowest BCUT2D eigenvalue weighted by Gasteiger charge is -2.57. The number of ether oxygens (including phenoxy) is 7. The minimum Gasteiger partial charge on any atom is -0.394 e. The van der Waals surface area contributed by atoms with E-state index in [1.54, 1.807) is 13.8 Å². The third-order valence-corrected chi connectivity index (χ3v) is 5.94. The fourth-order valence-corrected chi connectivity index (χ4v) is 3.85. The predicted molar refractivity (Wildman–Crippen MR) is 104 cm³/mol. The Labute approximate surface area is 176 Å². The van der Waals surface area contributed by atoms with Gasteiger partial charge in [0.1, 0.15) is 30.5 Å². The molecule has 0 aromatic heterocycles. The van der Waals surface area contributed by atoms with Gasteiger partial charge in [-0.3, -0.25) is 0 Å². The second kappa shape index (κ2) is 9.56. The molecule has 9 nitrogen and oxygen atoms in total. The van der Waals surface area contributed by atoms with Crippen LogP contribution in [0.1, 0.15) is 19.4 Å². The lowest BCUT2D eigenvalue weighted by molar-refractivity contribution is -0.483. The van der Waals surface area contributed by atoms with Crippen molar-refractivity contribution in [2.75, 3.05) is 27.9 Å². The van der Waals surface area contributed by atoms with E-state index >= 15 is 0 Å². The molecule has 2 fully saturated rings. The van der Waals surface area contributed by atoms with Gasteiger partial charge in [0.15, 0.2) is 6.29 Å². The number of hydrogen-bond donors (Lipinski definition) is 2. The average molecular weight is 428 g/mol. The first kappa shape index (κ1) is 23.5. The third-order valence-electron chi connectivity index (χ3n) is 5.94. The van der Waals surface area contributed by atoms with E-state index in [9.17, 15) is 10.2 Å². The highest BCUT2D eigenvalue weighted by atomic mass is 16.8. The first-order valence-electron chi connectivity index (χ1n) is 9.91. The van der Waals surface area contributed by atoms with Crippen molar-refractivity contribution in [1.29, 1.82) is 0 Å². The molecule has 2 saturated heterocycles. The Balaban J connectivity index is 1.92. The molecule has 0 unspecified atom stereocenters. The molecule has 170 valence electrons. The molecule has 0 bridgehead atoms. The highest BCUT2D eigenvalue weighted by Gasteiger charge is 2.63. The van der Waals surface area contributed by atoms with Crippen molar-refractivity contribution in [3.63, 3.8) is 0 Å². The SMILES string of the molecule is CO[C@H]1O[C@H]([C@@H](O)CO)[C@H]2O[C@](C)(OC)[C@@](C)(OC)O[C@@H]2[C@@H]1OCc1ccccc1. The summed E-state index contributed by atoms with van der Waals surface area (Å²) in [6, 6.07) is 9.66. The topological polar surface area (TPSA) is 105 Å². The molecule has 0 spiro atoms. The molecule has 9 heteroatoms. The van der Waals surface area contributed by atoms with Crippen LogP contribution in [0.25, 0.3) is 0 Å². The zero-order valence-electron chi connectivity index (χ0n) is 18.0. The molecular weight excluding hydrogens is 396 g/mol. The third kappa shape index (κ3) is 4.27. The fraction of sp³-hybridized carbons (Fsp3) is 0.714. The van der Waals surface area contributed by atoms with Gasteiger partial charge in [-0.15, -0.1) is 0 Å². The van der Waals surface area contributed by atoms with Crippen LogP contribution in [0, 0.1) is 0 Å². The van der Waals surface area contributed by atoms with E-state index in [0.29, 0.717) is 6.61 Å². The summed E-state index contributed by atoms with van der Waals surface area (Å²) in [7, 11) is 4.45. The Bertz CT molecular complexity index is 674. The summed E-state index contributed by atoms with van der Waals surface area (Å²) >= 11 is 0. The maximum Gasteiger partial charge on any atom is 0.220 e. The van der Waals surface area contributed by atoms with Gasteiger partial charge in [0.05, 0.1) is 13.2 Å². The summed E-state index contributed by atoms with van der Waals surface area (Å²) in [5.41, 5.74) is 0.967. The van der Waals surface area contributed by atoms with Gasteiger partial charge in [-0.2, -0.15) is 0 Å². The Kier molecular flexibility index (Phi) is 7.49. The van der Waals surface area contributed by atoms with Crippen LogP contribution in [0.5, 0.6) is 0 Å². The lowest BCUT2D eigenvalue weighted by Crippen LogP contribution is -2.74. The second-order valence-electron chi connectivity index (χ2n) is 7.68. The molecule has 8 atom stereocenters. The first-order valence-corrected chi connectivity index (χ1v) is 9.91. The van der Waals surface area contributed by atoms with Gasteiger partial charge in [0.2, 0.25) is 11.6 Å². The van der Waals surface area contributed by atoms with Crippen LogP contribution < -0.4 is 0 Å². The molecule has 0 aliphatic carbocycles. The molecular formula is C21H32O9.